The van der Waals surface area contributed by atoms with Crippen molar-refractivity contribution >= 4 is 61.8 Å². The third-order valence-electron chi connectivity index (χ3n) is 1.07. The molecule has 0 saturated carbocycles. The topological polar surface area (TPSA) is 0 Å². The first-order valence-electron chi connectivity index (χ1n) is 2.76. The van der Waals surface area contributed by atoms with Crippen molar-refractivity contribution in [2.24, 2.45) is 0 Å². The molecule has 2 rings (SSSR count). The Morgan fingerprint density at radius 1 is 1.00 bits per heavy atom. The molecule has 0 fully saturated rings. The van der Waals surface area contributed by atoms with Crippen LogP contribution in [-0.4, -0.2) is 27.1 Å². The van der Waals surface area contributed by atoms with Crippen LogP contribution in [-0.2, 0) is 0 Å². The fourth-order valence-electron chi connectivity index (χ4n) is 0.701. The molecular formula is C5H4S4Se. The third kappa shape index (κ3) is 1.54. The number of hydrogen-bond acceptors (Lipinski definition) is 4. The third-order valence-corrected chi connectivity index (χ3v) is 7.46. The zero-order valence-electron chi connectivity index (χ0n) is 4.96. The molecule has 0 aromatic carbocycles. The van der Waals surface area contributed by atoms with Gasteiger partial charge in [0.05, 0.1) is 0 Å². The van der Waals surface area contributed by atoms with E-state index in [4.69, 9.17) is 0 Å². The summed E-state index contributed by atoms with van der Waals surface area (Å²) in [5.41, 5.74) is 0. The predicted octanol–water partition coefficient (Wildman–Crippen LogP) is 2.71. The predicted molar refractivity (Wildman–Crippen MR) is 52.6 cm³/mol. The molecule has 2 heterocycles. The zero-order chi connectivity index (χ0) is 6.97. The molecule has 0 radical (unpaired) electrons. The van der Waals surface area contributed by atoms with Gasteiger partial charge in [0.2, 0.25) is 0 Å². The summed E-state index contributed by atoms with van der Waals surface area (Å²) >= 11 is 10.9. The summed E-state index contributed by atoms with van der Waals surface area (Å²) in [7, 11) is 0. The van der Waals surface area contributed by atoms with Crippen LogP contribution in [0.3, 0.4) is 0 Å². The minimum atomic E-state index is 1.28. The van der Waals surface area contributed by atoms with Gasteiger partial charge in [0.1, 0.15) is 0 Å². The van der Waals surface area contributed by atoms with Crippen LogP contribution in [0, 0.1) is 2.69 Å². The van der Waals surface area contributed by atoms with Crippen molar-refractivity contribution in [2.45, 2.75) is 8.42 Å². The van der Waals surface area contributed by atoms with E-state index in [1.165, 1.54) is 22.6 Å². The SMILES string of the molecule is [Se]=c1sc2c(s1)SCCS2. The van der Waals surface area contributed by atoms with Crippen LogP contribution < -0.4 is 0 Å². The van der Waals surface area contributed by atoms with Gasteiger partial charge in [0.25, 0.3) is 0 Å². The molecule has 10 heavy (non-hydrogen) atoms. The molecule has 0 atom stereocenters. The van der Waals surface area contributed by atoms with Gasteiger partial charge in [-0.05, 0) is 0 Å². The summed E-state index contributed by atoms with van der Waals surface area (Å²) < 4.78 is 4.41. The van der Waals surface area contributed by atoms with E-state index in [1.807, 2.05) is 46.2 Å². The number of fused-ring (bicyclic) bond motifs is 1. The first-order chi connectivity index (χ1) is 4.86. The first kappa shape index (κ1) is 7.89. The molecule has 0 aliphatic carbocycles. The number of thioether (sulfide) groups is 2. The molecule has 1 aliphatic heterocycles. The standard InChI is InChI=1S/C5H4S4Se/c10-5-8-3-4(9-5)7-2-1-6-3/h1-2H2. The molecule has 0 unspecified atom stereocenters. The van der Waals surface area contributed by atoms with Gasteiger partial charge in [-0.3, -0.25) is 0 Å². The van der Waals surface area contributed by atoms with E-state index in [9.17, 15) is 0 Å². The van der Waals surface area contributed by atoms with E-state index < -0.39 is 0 Å². The van der Waals surface area contributed by atoms with Crippen LogP contribution in [0.1, 0.15) is 0 Å². The Kier molecular flexibility index (Phi) is 2.63. The molecule has 0 amide bonds. The van der Waals surface area contributed by atoms with Crippen molar-refractivity contribution in [3.8, 4) is 0 Å². The van der Waals surface area contributed by atoms with Crippen LogP contribution in [0.4, 0.5) is 0 Å². The van der Waals surface area contributed by atoms with Crippen LogP contribution in [0.2, 0.25) is 0 Å². The molecule has 5 heteroatoms. The van der Waals surface area contributed by atoms with Crippen LogP contribution in [0.25, 0.3) is 0 Å². The van der Waals surface area contributed by atoms with E-state index >= 15 is 0 Å². The van der Waals surface area contributed by atoms with Crippen molar-refractivity contribution in [3.63, 3.8) is 0 Å². The summed E-state index contributed by atoms with van der Waals surface area (Å²) in [5.74, 6) is 2.56. The van der Waals surface area contributed by atoms with Gasteiger partial charge >= 0.3 is 84.4 Å². The van der Waals surface area contributed by atoms with Gasteiger partial charge in [0, 0.05) is 0 Å². The van der Waals surface area contributed by atoms with Crippen molar-refractivity contribution in [2.75, 3.05) is 11.5 Å². The average molecular weight is 271 g/mol. The Hall–Kier alpha value is 1.27. The molecule has 0 N–H and O–H groups in total. The van der Waals surface area contributed by atoms with Gasteiger partial charge in [-0.2, -0.15) is 0 Å². The molecule has 1 aliphatic rings. The second-order valence-corrected chi connectivity index (χ2v) is 8.78. The van der Waals surface area contributed by atoms with E-state index in [2.05, 4.69) is 15.6 Å². The normalized spacial score (nSPS) is 16.8. The maximum absolute atomic E-state index is 3.07. The summed E-state index contributed by atoms with van der Waals surface area (Å²) in [6, 6.07) is 0. The molecular weight excluding hydrogens is 267 g/mol. The summed E-state index contributed by atoms with van der Waals surface area (Å²) in [5, 5.41) is 0. The van der Waals surface area contributed by atoms with E-state index in [-0.39, 0.29) is 0 Å². The van der Waals surface area contributed by atoms with Gasteiger partial charge in [0.15, 0.2) is 0 Å². The summed E-state index contributed by atoms with van der Waals surface area (Å²) in [6.45, 7) is 0. The van der Waals surface area contributed by atoms with E-state index in [0.29, 0.717) is 0 Å². The Morgan fingerprint density at radius 2 is 1.50 bits per heavy atom. The van der Waals surface area contributed by atoms with E-state index in [0.717, 1.165) is 0 Å². The minimum absolute atomic E-state index is 1.28. The molecule has 0 bridgehead atoms. The molecule has 1 aromatic heterocycles. The monoisotopic (exact) mass is 272 g/mol. The maximum atomic E-state index is 3.07. The first-order valence-corrected chi connectivity index (χ1v) is 7.22. The molecule has 0 spiro atoms. The van der Waals surface area contributed by atoms with Gasteiger partial charge < -0.3 is 0 Å². The molecule has 54 valence electrons. The Bertz CT molecular complexity index is 260. The number of rotatable bonds is 0. The average Bonchev–Trinajstić information content (AvgIpc) is 2.27. The van der Waals surface area contributed by atoms with Crippen LogP contribution >= 0.6 is 46.2 Å². The molecule has 0 saturated heterocycles. The van der Waals surface area contributed by atoms with Crippen molar-refractivity contribution in [1.82, 2.24) is 0 Å². The number of hydrogen-bond donors (Lipinski definition) is 0. The second kappa shape index (κ2) is 3.33. The van der Waals surface area contributed by atoms with Crippen molar-refractivity contribution in [1.29, 1.82) is 0 Å². The van der Waals surface area contributed by atoms with Crippen molar-refractivity contribution < 1.29 is 0 Å². The Labute approximate surface area is 83.8 Å². The van der Waals surface area contributed by atoms with Crippen LogP contribution in [0.15, 0.2) is 8.42 Å². The zero-order valence-corrected chi connectivity index (χ0v) is 9.93. The summed E-state index contributed by atoms with van der Waals surface area (Å²) in [6.07, 6.45) is 0. The fourth-order valence-corrected chi connectivity index (χ4v) is 7.87. The molecule has 0 nitrogen and oxygen atoms in total. The molecule has 1 aromatic rings. The van der Waals surface area contributed by atoms with Gasteiger partial charge in [-0.25, -0.2) is 0 Å². The second-order valence-electron chi connectivity index (χ2n) is 1.73. The van der Waals surface area contributed by atoms with Gasteiger partial charge in [-0.15, -0.1) is 0 Å². The Balaban J connectivity index is 2.50. The quantitative estimate of drug-likeness (QED) is 0.665. The Morgan fingerprint density at radius 3 is 2.00 bits per heavy atom. The fraction of sp³-hybridized carbons (Fsp3) is 0.400. The van der Waals surface area contributed by atoms with E-state index in [1.54, 1.807) is 0 Å². The van der Waals surface area contributed by atoms with Crippen LogP contribution in [0.5, 0.6) is 0 Å². The summed E-state index contributed by atoms with van der Waals surface area (Å²) in [4.78, 5) is 0. The van der Waals surface area contributed by atoms with Crippen molar-refractivity contribution in [3.05, 3.63) is 2.69 Å². The van der Waals surface area contributed by atoms with Gasteiger partial charge in [-0.1, -0.05) is 0 Å².